The van der Waals surface area contributed by atoms with E-state index >= 15 is 0 Å². The lowest BCUT2D eigenvalue weighted by atomic mass is 9.99. The second-order valence-corrected chi connectivity index (χ2v) is 7.70. The molecular weight excluding hydrogens is 356 g/mol. The topological polar surface area (TPSA) is 47.7 Å². The van der Waals surface area contributed by atoms with Crippen LogP contribution in [0.4, 0.5) is 0 Å². The molecule has 23 heavy (non-hydrogen) atoms. The highest BCUT2D eigenvalue weighted by Gasteiger charge is 2.32. The number of nitrogens with zero attached hydrogens (tertiary/aromatic N) is 1. The first-order valence-electron chi connectivity index (χ1n) is 8.56. The van der Waals surface area contributed by atoms with Gasteiger partial charge < -0.3 is 15.2 Å². The highest BCUT2D eigenvalue weighted by Crippen LogP contribution is 2.43. The molecular formula is C18H27BrN2O2. The van der Waals surface area contributed by atoms with Crippen LogP contribution in [0.15, 0.2) is 16.6 Å². The third-order valence-corrected chi connectivity index (χ3v) is 5.89. The van der Waals surface area contributed by atoms with Gasteiger partial charge >= 0.3 is 0 Å². The molecule has 1 aromatic rings. The van der Waals surface area contributed by atoms with Gasteiger partial charge in [-0.05, 0) is 69.3 Å². The number of rotatable bonds is 5. The minimum Gasteiger partial charge on any atom is -0.493 e. The molecule has 0 aromatic heterocycles. The summed E-state index contributed by atoms with van der Waals surface area (Å²) in [4.78, 5) is 2.38. The maximum absolute atomic E-state index is 6.18. The molecule has 1 aliphatic heterocycles. The zero-order valence-electron chi connectivity index (χ0n) is 14.1. The summed E-state index contributed by atoms with van der Waals surface area (Å²) < 4.78 is 12.9. The van der Waals surface area contributed by atoms with Gasteiger partial charge in [-0.25, -0.2) is 0 Å². The molecule has 2 N–H and O–H groups in total. The molecule has 128 valence electrons. The number of nitrogens with two attached hydrogens (primary N) is 1. The number of hydrogen-bond donors (Lipinski definition) is 1. The van der Waals surface area contributed by atoms with E-state index in [9.17, 15) is 0 Å². The van der Waals surface area contributed by atoms with Crippen LogP contribution >= 0.6 is 15.9 Å². The largest absolute Gasteiger partial charge is 0.493 e. The molecule has 4 nitrogen and oxygen atoms in total. The van der Waals surface area contributed by atoms with Crippen molar-refractivity contribution in [3.05, 3.63) is 22.2 Å². The number of hydrogen-bond acceptors (Lipinski definition) is 4. The highest BCUT2D eigenvalue weighted by atomic mass is 79.9. The van der Waals surface area contributed by atoms with Crippen LogP contribution < -0.4 is 15.2 Å². The molecule has 3 rings (SSSR count). The molecule has 2 unspecified atom stereocenters. The van der Waals surface area contributed by atoms with Gasteiger partial charge in [-0.3, -0.25) is 4.90 Å². The Bertz CT molecular complexity index is 546. The molecule has 0 amide bonds. The van der Waals surface area contributed by atoms with Crippen LogP contribution in [0.3, 0.4) is 0 Å². The smallest absolute Gasteiger partial charge is 0.162 e. The van der Waals surface area contributed by atoms with Crippen LogP contribution in [0.2, 0.25) is 0 Å². The summed E-state index contributed by atoms with van der Waals surface area (Å²) in [7, 11) is 3.89. The zero-order chi connectivity index (χ0) is 16.4. The van der Waals surface area contributed by atoms with E-state index in [0.717, 1.165) is 48.3 Å². The predicted molar refractivity (Wildman–Crippen MR) is 96.1 cm³/mol. The van der Waals surface area contributed by atoms with Gasteiger partial charge in [-0.1, -0.05) is 15.9 Å². The van der Waals surface area contributed by atoms with Crippen molar-refractivity contribution in [2.75, 3.05) is 27.2 Å². The SMILES string of the molecule is COc1cc(C2CC(CN)CN2C)c(Br)cc1OC1CCCC1. The molecule has 5 heteroatoms. The molecule has 2 fully saturated rings. The van der Waals surface area contributed by atoms with Gasteiger partial charge in [-0.2, -0.15) is 0 Å². The maximum atomic E-state index is 6.18. The first kappa shape index (κ1) is 17.1. The van der Waals surface area contributed by atoms with E-state index in [1.54, 1.807) is 7.11 Å². The Morgan fingerprint density at radius 1 is 1.26 bits per heavy atom. The Kier molecular flexibility index (Phi) is 5.49. The fourth-order valence-corrected chi connectivity index (χ4v) is 4.47. The molecule has 2 aliphatic rings. The summed E-state index contributed by atoms with van der Waals surface area (Å²) in [6, 6.07) is 4.59. The van der Waals surface area contributed by atoms with Crippen molar-refractivity contribution < 1.29 is 9.47 Å². The highest BCUT2D eigenvalue weighted by molar-refractivity contribution is 9.10. The average molecular weight is 383 g/mol. The number of methoxy groups -OCH3 is 1. The average Bonchev–Trinajstić information content (AvgIpc) is 3.17. The predicted octanol–water partition coefficient (Wildman–Crippen LogP) is 3.73. The molecule has 0 radical (unpaired) electrons. The summed E-state index contributed by atoms with van der Waals surface area (Å²) in [5.41, 5.74) is 7.13. The minimum absolute atomic E-state index is 0.331. The maximum Gasteiger partial charge on any atom is 0.162 e. The quantitative estimate of drug-likeness (QED) is 0.842. The van der Waals surface area contributed by atoms with Crippen LogP contribution in [0, 0.1) is 5.92 Å². The Morgan fingerprint density at radius 3 is 2.61 bits per heavy atom. The van der Waals surface area contributed by atoms with Crippen LogP contribution in [0.1, 0.15) is 43.7 Å². The Balaban J connectivity index is 1.84. The lowest BCUT2D eigenvalue weighted by Gasteiger charge is -2.23. The van der Waals surface area contributed by atoms with E-state index in [-0.39, 0.29) is 0 Å². The van der Waals surface area contributed by atoms with Crippen molar-refractivity contribution in [1.29, 1.82) is 0 Å². The monoisotopic (exact) mass is 382 g/mol. The number of likely N-dealkylation sites (tertiary alicyclic amines) is 1. The van der Waals surface area contributed by atoms with Gasteiger partial charge in [-0.15, -0.1) is 0 Å². The van der Waals surface area contributed by atoms with E-state index in [2.05, 4.69) is 40.0 Å². The Labute approximate surface area is 147 Å². The van der Waals surface area contributed by atoms with Gasteiger partial charge in [0.15, 0.2) is 11.5 Å². The first-order valence-corrected chi connectivity index (χ1v) is 9.36. The number of benzene rings is 1. The lowest BCUT2D eigenvalue weighted by Crippen LogP contribution is -2.21. The van der Waals surface area contributed by atoms with E-state index in [0.29, 0.717) is 18.1 Å². The summed E-state index contributed by atoms with van der Waals surface area (Å²) in [6.07, 6.45) is 6.24. The van der Waals surface area contributed by atoms with Crippen molar-refractivity contribution in [2.24, 2.45) is 11.7 Å². The fourth-order valence-electron chi connectivity index (χ4n) is 3.88. The lowest BCUT2D eigenvalue weighted by molar-refractivity contribution is 0.200. The molecule has 1 aliphatic carbocycles. The van der Waals surface area contributed by atoms with Gasteiger partial charge in [0.25, 0.3) is 0 Å². The normalized spacial score (nSPS) is 25.9. The summed E-state index contributed by atoms with van der Waals surface area (Å²) in [5, 5.41) is 0. The van der Waals surface area contributed by atoms with Gasteiger partial charge in [0.1, 0.15) is 0 Å². The zero-order valence-corrected chi connectivity index (χ0v) is 15.6. The van der Waals surface area contributed by atoms with E-state index < -0.39 is 0 Å². The Hall–Kier alpha value is -0.780. The van der Waals surface area contributed by atoms with Crippen LogP contribution in [-0.2, 0) is 0 Å². The number of halogens is 1. The third kappa shape index (κ3) is 3.67. The number of ether oxygens (including phenoxy) is 2. The van der Waals surface area contributed by atoms with Crippen molar-refractivity contribution in [3.63, 3.8) is 0 Å². The molecule has 2 atom stereocenters. The van der Waals surface area contributed by atoms with Gasteiger partial charge in [0.2, 0.25) is 0 Å². The third-order valence-electron chi connectivity index (χ3n) is 5.21. The van der Waals surface area contributed by atoms with Crippen molar-refractivity contribution in [2.45, 2.75) is 44.2 Å². The summed E-state index contributed by atoms with van der Waals surface area (Å²) >= 11 is 3.75. The van der Waals surface area contributed by atoms with Gasteiger partial charge in [0.05, 0.1) is 13.2 Å². The van der Waals surface area contributed by atoms with Crippen molar-refractivity contribution in [3.8, 4) is 11.5 Å². The van der Waals surface area contributed by atoms with Crippen LogP contribution in [0.5, 0.6) is 11.5 Å². The van der Waals surface area contributed by atoms with Crippen LogP contribution in [0.25, 0.3) is 0 Å². The molecule has 1 heterocycles. The molecule has 1 saturated carbocycles. The summed E-state index contributed by atoms with van der Waals surface area (Å²) in [5.74, 6) is 2.25. The van der Waals surface area contributed by atoms with Crippen LogP contribution in [-0.4, -0.2) is 38.3 Å². The van der Waals surface area contributed by atoms with Crippen molar-refractivity contribution in [1.82, 2.24) is 4.90 Å². The first-order chi connectivity index (χ1) is 11.1. The second-order valence-electron chi connectivity index (χ2n) is 6.84. The Morgan fingerprint density at radius 2 is 2.00 bits per heavy atom. The summed E-state index contributed by atoms with van der Waals surface area (Å²) in [6.45, 7) is 1.80. The van der Waals surface area contributed by atoms with Gasteiger partial charge in [0, 0.05) is 17.1 Å². The molecule has 0 bridgehead atoms. The van der Waals surface area contributed by atoms with Crippen molar-refractivity contribution >= 4 is 15.9 Å². The minimum atomic E-state index is 0.331. The molecule has 1 aromatic carbocycles. The molecule has 1 saturated heterocycles. The standard InChI is InChI=1S/C18H27BrN2O2/c1-21-11-12(10-20)7-16(21)14-8-17(22-2)18(9-15(14)19)23-13-5-3-4-6-13/h8-9,12-13,16H,3-7,10-11,20H2,1-2H3. The molecule has 0 spiro atoms. The van der Waals surface area contributed by atoms with E-state index in [1.807, 2.05) is 0 Å². The van der Waals surface area contributed by atoms with E-state index in [1.165, 1.54) is 18.4 Å². The van der Waals surface area contributed by atoms with E-state index in [4.69, 9.17) is 15.2 Å². The fraction of sp³-hybridized carbons (Fsp3) is 0.667. The second kappa shape index (κ2) is 7.41.